The molecule has 5 nitrogen and oxygen atoms in total. The number of nitrogens with one attached hydrogen (secondary N) is 1. The average molecular weight is 278 g/mol. The van der Waals surface area contributed by atoms with E-state index in [1.807, 2.05) is 20.8 Å². The van der Waals surface area contributed by atoms with Crippen molar-refractivity contribution in [3.63, 3.8) is 0 Å². The second-order valence-electron chi connectivity index (χ2n) is 5.73. The zero-order valence-electron chi connectivity index (χ0n) is 12.4. The smallest absolute Gasteiger partial charge is 0.335 e. The summed E-state index contributed by atoms with van der Waals surface area (Å²) in [5.41, 5.74) is 0.891. The Morgan fingerprint density at radius 3 is 2.20 bits per heavy atom. The maximum absolute atomic E-state index is 12.0. The number of aromatic carboxylic acids is 1. The fourth-order valence-electron chi connectivity index (χ4n) is 1.68. The predicted octanol–water partition coefficient (Wildman–Crippen LogP) is 2.13. The molecule has 0 unspecified atom stereocenters. The first kappa shape index (κ1) is 16.2. The van der Waals surface area contributed by atoms with Crippen molar-refractivity contribution in [2.24, 2.45) is 0 Å². The summed E-state index contributed by atoms with van der Waals surface area (Å²) < 4.78 is 0. The van der Waals surface area contributed by atoms with Crippen LogP contribution in [0.25, 0.3) is 0 Å². The third kappa shape index (κ3) is 5.01. The Bertz CT molecular complexity index is 475. The molecule has 1 amide bonds. The molecule has 0 aliphatic rings. The van der Waals surface area contributed by atoms with Crippen LogP contribution in [-0.2, 0) is 4.79 Å². The van der Waals surface area contributed by atoms with E-state index in [0.29, 0.717) is 18.7 Å². The van der Waals surface area contributed by atoms with Crippen molar-refractivity contribution in [1.29, 1.82) is 0 Å². The number of anilines is 1. The van der Waals surface area contributed by atoms with Crippen molar-refractivity contribution in [1.82, 2.24) is 5.32 Å². The number of carbonyl (C=O) groups excluding carboxylic acids is 1. The van der Waals surface area contributed by atoms with Crippen LogP contribution in [0.5, 0.6) is 0 Å². The molecule has 0 bridgehead atoms. The highest BCUT2D eigenvalue weighted by Gasteiger charge is 2.14. The molecule has 2 N–H and O–H groups in total. The van der Waals surface area contributed by atoms with E-state index < -0.39 is 5.97 Å². The highest BCUT2D eigenvalue weighted by Crippen LogP contribution is 2.14. The second kappa shape index (κ2) is 6.52. The number of hydrogen-bond acceptors (Lipinski definition) is 3. The molecule has 0 aliphatic carbocycles. The Balaban J connectivity index is 2.58. The lowest BCUT2D eigenvalue weighted by Gasteiger charge is -2.22. The predicted molar refractivity (Wildman–Crippen MR) is 79.2 cm³/mol. The Kier molecular flexibility index (Phi) is 5.27. The van der Waals surface area contributed by atoms with Gasteiger partial charge in [-0.25, -0.2) is 4.79 Å². The minimum absolute atomic E-state index is 0.00942. The first-order valence-corrected chi connectivity index (χ1v) is 6.55. The summed E-state index contributed by atoms with van der Waals surface area (Å²) in [7, 11) is 1.69. The highest BCUT2D eigenvalue weighted by atomic mass is 16.4. The standard InChI is InChI=1S/C15H22N2O3/c1-15(2,3)16-10-9-13(18)17(4)12-7-5-11(6-8-12)14(19)20/h5-8,16H,9-10H2,1-4H3,(H,19,20). The first-order valence-electron chi connectivity index (χ1n) is 6.55. The molecular weight excluding hydrogens is 256 g/mol. The van der Waals surface area contributed by atoms with Crippen LogP contribution in [-0.4, -0.2) is 36.1 Å². The van der Waals surface area contributed by atoms with Gasteiger partial charge in [-0.05, 0) is 45.0 Å². The molecule has 20 heavy (non-hydrogen) atoms. The fraction of sp³-hybridized carbons (Fsp3) is 0.467. The summed E-state index contributed by atoms with van der Waals surface area (Å²) in [5.74, 6) is -0.982. The maximum atomic E-state index is 12.0. The third-order valence-electron chi connectivity index (χ3n) is 2.87. The molecule has 0 saturated carbocycles. The van der Waals surface area contributed by atoms with E-state index in [4.69, 9.17) is 5.11 Å². The minimum atomic E-state index is -0.972. The van der Waals surface area contributed by atoms with E-state index in [1.165, 1.54) is 17.0 Å². The molecule has 0 radical (unpaired) electrons. The second-order valence-corrected chi connectivity index (χ2v) is 5.73. The summed E-state index contributed by atoms with van der Waals surface area (Å²) >= 11 is 0. The molecule has 0 saturated heterocycles. The Morgan fingerprint density at radius 1 is 1.20 bits per heavy atom. The summed E-state index contributed by atoms with van der Waals surface area (Å²) in [6.45, 7) is 6.75. The number of carboxylic acids is 1. The van der Waals surface area contributed by atoms with Crippen molar-refractivity contribution in [2.45, 2.75) is 32.7 Å². The van der Waals surface area contributed by atoms with E-state index in [1.54, 1.807) is 19.2 Å². The van der Waals surface area contributed by atoms with Gasteiger partial charge in [0.2, 0.25) is 5.91 Å². The van der Waals surface area contributed by atoms with Gasteiger partial charge in [-0.15, -0.1) is 0 Å². The van der Waals surface area contributed by atoms with Crippen LogP contribution in [0.15, 0.2) is 24.3 Å². The van der Waals surface area contributed by atoms with Gasteiger partial charge in [0.25, 0.3) is 0 Å². The number of benzene rings is 1. The molecule has 1 aromatic carbocycles. The Labute approximate surface area is 119 Å². The Hall–Kier alpha value is -1.88. The monoisotopic (exact) mass is 278 g/mol. The summed E-state index contributed by atoms with van der Waals surface area (Å²) in [6, 6.07) is 6.26. The topological polar surface area (TPSA) is 69.6 Å². The number of amides is 1. The van der Waals surface area contributed by atoms with Gasteiger partial charge < -0.3 is 15.3 Å². The summed E-state index contributed by atoms with van der Waals surface area (Å²) in [5, 5.41) is 12.1. The molecule has 0 spiro atoms. The lowest BCUT2D eigenvalue weighted by atomic mass is 10.1. The number of carbonyl (C=O) groups is 2. The molecule has 1 aromatic rings. The van der Waals surface area contributed by atoms with Crippen LogP contribution < -0.4 is 10.2 Å². The van der Waals surface area contributed by atoms with Gasteiger partial charge in [0.1, 0.15) is 0 Å². The molecular formula is C15H22N2O3. The zero-order valence-corrected chi connectivity index (χ0v) is 12.4. The van der Waals surface area contributed by atoms with Gasteiger partial charge in [-0.3, -0.25) is 4.79 Å². The molecule has 0 heterocycles. The van der Waals surface area contributed by atoms with E-state index >= 15 is 0 Å². The largest absolute Gasteiger partial charge is 0.478 e. The summed E-state index contributed by atoms with van der Waals surface area (Å²) in [4.78, 5) is 24.3. The minimum Gasteiger partial charge on any atom is -0.478 e. The zero-order chi connectivity index (χ0) is 15.3. The average Bonchev–Trinajstić information content (AvgIpc) is 2.36. The van der Waals surface area contributed by atoms with Gasteiger partial charge in [0.05, 0.1) is 5.56 Å². The normalized spacial score (nSPS) is 11.2. The van der Waals surface area contributed by atoms with Gasteiger partial charge in [0, 0.05) is 31.2 Å². The third-order valence-corrected chi connectivity index (χ3v) is 2.87. The molecule has 0 aliphatic heterocycles. The first-order chi connectivity index (χ1) is 9.20. The van der Waals surface area contributed by atoms with Crippen molar-refractivity contribution in [2.75, 3.05) is 18.5 Å². The molecule has 0 atom stereocenters. The number of hydrogen-bond donors (Lipinski definition) is 2. The van der Waals surface area contributed by atoms with Crippen LogP contribution in [0.1, 0.15) is 37.6 Å². The number of nitrogens with zero attached hydrogens (tertiary/aromatic N) is 1. The molecule has 1 rings (SSSR count). The van der Waals surface area contributed by atoms with Crippen molar-refractivity contribution in [3.8, 4) is 0 Å². The van der Waals surface area contributed by atoms with E-state index in [9.17, 15) is 9.59 Å². The maximum Gasteiger partial charge on any atom is 0.335 e. The molecule has 0 aromatic heterocycles. The van der Waals surface area contributed by atoms with Crippen LogP contribution in [0.3, 0.4) is 0 Å². The van der Waals surface area contributed by atoms with Crippen LogP contribution >= 0.6 is 0 Å². The summed E-state index contributed by atoms with van der Waals surface area (Å²) in [6.07, 6.45) is 0.397. The fourth-order valence-corrected chi connectivity index (χ4v) is 1.68. The van der Waals surface area contributed by atoms with E-state index in [-0.39, 0.29) is 17.0 Å². The number of carboxylic acid groups (broad SMARTS) is 1. The van der Waals surface area contributed by atoms with Crippen LogP contribution in [0.2, 0.25) is 0 Å². The van der Waals surface area contributed by atoms with Gasteiger partial charge in [-0.1, -0.05) is 0 Å². The van der Waals surface area contributed by atoms with Gasteiger partial charge in [-0.2, -0.15) is 0 Å². The SMILES string of the molecule is CN(C(=O)CCNC(C)(C)C)c1ccc(C(=O)O)cc1. The van der Waals surface area contributed by atoms with E-state index in [0.717, 1.165) is 0 Å². The van der Waals surface area contributed by atoms with E-state index in [2.05, 4.69) is 5.32 Å². The van der Waals surface area contributed by atoms with Crippen molar-refractivity contribution in [3.05, 3.63) is 29.8 Å². The molecule has 0 fully saturated rings. The quantitative estimate of drug-likeness (QED) is 0.865. The Morgan fingerprint density at radius 2 is 1.75 bits per heavy atom. The highest BCUT2D eigenvalue weighted by molar-refractivity contribution is 5.94. The van der Waals surface area contributed by atoms with Gasteiger partial charge >= 0.3 is 5.97 Å². The van der Waals surface area contributed by atoms with Crippen molar-refractivity contribution < 1.29 is 14.7 Å². The van der Waals surface area contributed by atoms with Crippen molar-refractivity contribution >= 4 is 17.6 Å². The van der Waals surface area contributed by atoms with Crippen LogP contribution in [0, 0.1) is 0 Å². The van der Waals surface area contributed by atoms with Crippen LogP contribution in [0.4, 0.5) is 5.69 Å². The lowest BCUT2D eigenvalue weighted by Crippen LogP contribution is -2.38. The van der Waals surface area contributed by atoms with Gasteiger partial charge in [0.15, 0.2) is 0 Å². The number of rotatable bonds is 5. The lowest BCUT2D eigenvalue weighted by molar-refractivity contribution is -0.118. The molecule has 5 heteroatoms. The molecule has 110 valence electrons.